The van der Waals surface area contributed by atoms with Crippen molar-refractivity contribution in [3.05, 3.63) is 95.4 Å². The molecule has 148 valence electrons. The van der Waals surface area contributed by atoms with E-state index in [2.05, 4.69) is 26.5 Å². The Labute approximate surface area is 175 Å². The highest BCUT2D eigenvalue weighted by Crippen LogP contribution is 2.29. The minimum Gasteiger partial charge on any atom is -0.278 e. The average Bonchev–Trinajstić information content (AvgIpc) is 2.73. The van der Waals surface area contributed by atoms with Crippen LogP contribution >= 0.6 is 0 Å². The summed E-state index contributed by atoms with van der Waals surface area (Å²) in [5.74, 6) is 6.05. The number of hydrogen-bond acceptors (Lipinski definition) is 4. The number of rotatable bonds is 3. The monoisotopic (exact) mass is 413 g/mol. The Bertz CT molecular complexity index is 1400. The summed E-state index contributed by atoms with van der Waals surface area (Å²) in [4.78, 5) is 8.58. The van der Waals surface area contributed by atoms with Gasteiger partial charge >= 0.3 is 0 Å². The third-order valence-electron chi connectivity index (χ3n) is 4.68. The second-order valence-electron chi connectivity index (χ2n) is 6.88. The largest absolute Gasteiger partial charge is 0.278 e. The van der Waals surface area contributed by atoms with Crippen molar-refractivity contribution < 1.29 is 8.42 Å². The van der Waals surface area contributed by atoms with Gasteiger partial charge < -0.3 is 0 Å². The Morgan fingerprint density at radius 1 is 0.900 bits per heavy atom. The highest BCUT2D eigenvalue weighted by atomic mass is 32.2. The number of aromatic nitrogens is 2. The Kier molecular flexibility index (Phi) is 5.21. The molecule has 5 nitrogen and oxygen atoms in total. The number of fused-ring (bicyclic) bond motifs is 1. The summed E-state index contributed by atoms with van der Waals surface area (Å²) in [6.45, 7) is 3.73. The van der Waals surface area contributed by atoms with E-state index in [0.29, 0.717) is 22.3 Å². The van der Waals surface area contributed by atoms with E-state index in [1.54, 1.807) is 55.8 Å². The smallest absolute Gasteiger partial charge is 0.264 e. The van der Waals surface area contributed by atoms with E-state index in [1.807, 2.05) is 31.2 Å². The van der Waals surface area contributed by atoms with Crippen LogP contribution in [0.4, 0.5) is 5.69 Å². The second kappa shape index (κ2) is 7.97. The van der Waals surface area contributed by atoms with Gasteiger partial charge in [0.25, 0.3) is 10.0 Å². The number of hydrogen-bond donors (Lipinski definition) is 1. The molecule has 0 radical (unpaired) electrons. The molecule has 2 aromatic carbocycles. The average molecular weight is 414 g/mol. The molecule has 0 fully saturated rings. The molecule has 0 aliphatic rings. The number of para-hydroxylation sites is 1. The van der Waals surface area contributed by atoms with Gasteiger partial charge in [-0.15, -0.1) is 0 Å². The maximum atomic E-state index is 13.4. The normalized spacial score (nSPS) is 11.0. The van der Waals surface area contributed by atoms with E-state index in [1.165, 1.54) is 0 Å². The molecule has 0 aliphatic carbocycles. The quantitative estimate of drug-likeness (QED) is 0.504. The third-order valence-corrected chi connectivity index (χ3v) is 6.22. The number of sulfonamides is 1. The van der Waals surface area contributed by atoms with Crippen molar-refractivity contribution in [3.63, 3.8) is 0 Å². The van der Waals surface area contributed by atoms with Gasteiger partial charge in [-0.3, -0.25) is 14.7 Å². The Hall–Kier alpha value is -3.69. The number of nitrogens with one attached hydrogen (secondary N) is 1. The lowest BCUT2D eigenvalue weighted by atomic mass is 10.1. The van der Waals surface area contributed by atoms with Crippen LogP contribution in [-0.2, 0) is 10.0 Å². The molecule has 0 bridgehead atoms. The molecule has 0 atom stereocenters. The van der Waals surface area contributed by atoms with Gasteiger partial charge in [-0.25, -0.2) is 8.42 Å². The summed E-state index contributed by atoms with van der Waals surface area (Å²) < 4.78 is 29.4. The van der Waals surface area contributed by atoms with E-state index in [0.717, 1.165) is 16.5 Å². The van der Waals surface area contributed by atoms with Gasteiger partial charge in [-0.2, -0.15) is 0 Å². The summed E-state index contributed by atoms with van der Waals surface area (Å²) in [5.41, 5.74) is 3.83. The van der Waals surface area contributed by atoms with Gasteiger partial charge in [0, 0.05) is 35.1 Å². The van der Waals surface area contributed by atoms with Crippen LogP contribution in [0.5, 0.6) is 0 Å². The standard InChI is InChI=1S/C24H19N3O2S/c1-17-15-18(2)24(23-21(17)9-6-14-26-23)30(28,29)27-22-10-4-3-8-20(22)12-11-19-7-5-13-25-16-19/h3-10,13-16,27H,1-2H3. The van der Waals surface area contributed by atoms with Crippen molar-refractivity contribution in [2.75, 3.05) is 4.72 Å². The Balaban J connectivity index is 1.78. The van der Waals surface area contributed by atoms with Crippen LogP contribution in [0.25, 0.3) is 10.9 Å². The predicted octanol–water partition coefficient (Wildman–Crippen LogP) is 4.45. The zero-order valence-electron chi connectivity index (χ0n) is 16.5. The molecule has 0 saturated carbocycles. The topological polar surface area (TPSA) is 72.0 Å². The number of anilines is 1. The third kappa shape index (κ3) is 3.88. The van der Waals surface area contributed by atoms with Crippen LogP contribution < -0.4 is 4.72 Å². The van der Waals surface area contributed by atoms with Gasteiger partial charge in [0.2, 0.25) is 0 Å². The minimum absolute atomic E-state index is 0.179. The summed E-state index contributed by atoms with van der Waals surface area (Å²) in [6, 6.07) is 16.3. The SMILES string of the molecule is Cc1cc(C)c2cccnc2c1S(=O)(=O)Nc1ccccc1C#Cc1cccnc1. The highest BCUT2D eigenvalue weighted by molar-refractivity contribution is 7.93. The van der Waals surface area contributed by atoms with Crippen molar-refractivity contribution in [1.82, 2.24) is 9.97 Å². The first-order valence-electron chi connectivity index (χ1n) is 9.34. The van der Waals surface area contributed by atoms with Crippen molar-refractivity contribution >= 4 is 26.6 Å². The molecule has 0 aliphatic heterocycles. The molecule has 0 saturated heterocycles. The lowest BCUT2D eigenvalue weighted by Gasteiger charge is -2.15. The summed E-state index contributed by atoms with van der Waals surface area (Å²) in [7, 11) is -3.89. The van der Waals surface area contributed by atoms with Gasteiger partial charge in [0.15, 0.2) is 0 Å². The molecule has 30 heavy (non-hydrogen) atoms. The highest BCUT2D eigenvalue weighted by Gasteiger charge is 2.23. The van der Waals surface area contributed by atoms with Crippen LogP contribution in [0.15, 0.2) is 78.1 Å². The fraction of sp³-hybridized carbons (Fsp3) is 0.0833. The molecular weight excluding hydrogens is 394 g/mol. The molecule has 2 aromatic heterocycles. The first kappa shape index (κ1) is 19.6. The Morgan fingerprint density at radius 3 is 2.50 bits per heavy atom. The van der Waals surface area contributed by atoms with Crippen LogP contribution in [-0.4, -0.2) is 18.4 Å². The van der Waals surface area contributed by atoms with Gasteiger partial charge in [0.1, 0.15) is 4.90 Å². The zero-order chi connectivity index (χ0) is 21.1. The summed E-state index contributed by atoms with van der Waals surface area (Å²) in [6.07, 6.45) is 4.94. The number of nitrogens with zero attached hydrogens (tertiary/aromatic N) is 2. The fourth-order valence-electron chi connectivity index (χ4n) is 3.35. The van der Waals surface area contributed by atoms with Crippen molar-refractivity contribution in [1.29, 1.82) is 0 Å². The summed E-state index contributed by atoms with van der Waals surface area (Å²) >= 11 is 0. The van der Waals surface area contributed by atoms with Gasteiger partial charge in [-0.1, -0.05) is 36.1 Å². The molecule has 1 N–H and O–H groups in total. The molecule has 0 unspecified atom stereocenters. The minimum atomic E-state index is -3.89. The number of benzene rings is 2. The first-order valence-corrected chi connectivity index (χ1v) is 10.8. The maximum Gasteiger partial charge on any atom is 0.264 e. The molecule has 4 rings (SSSR count). The Morgan fingerprint density at radius 2 is 1.70 bits per heavy atom. The van der Waals surface area contributed by atoms with Crippen molar-refractivity contribution in [2.24, 2.45) is 0 Å². The molecule has 2 heterocycles. The molecule has 4 aromatic rings. The van der Waals surface area contributed by atoms with Crippen LogP contribution in [0.1, 0.15) is 22.3 Å². The van der Waals surface area contributed by atoms with Crippen molar-refractivity contribution in [2.45, 2.75) is 18.7 Å². The number of pyridine rings is 2. The van der Waals surface area contributed by atoms with Gasteiger partial charge in [-0.05, 0) is 55.3 Å². The molecule has 6 heteroatoms. The lowest BCUT2D eigenvalue weighted by Crippen LogP contribution is -2.16. The first-order chi connectivity index (χ1) is 14.5. The number of aryl methyl sites for hydroxylation is 2. The van der Waals surface area contributed by atoms with E-state index < -0.39 is 10.0 Å². The molecular formula is C24H19N3O2S. The van der Waals surface area contributed by atoms with E-state index in [4.69, 9.17) is 0 Å². The van der Waals surface area contributed by atoms with Crippen LogP contribution in [0.3, 0.4) is 0 Å². The fourth-order valence-corrected chi connectivity index (χ4v) is 4.82. The zero-order valence-corrected chi connectivity index (χ0v) is 17.4. The van der Waals surface area contributed by atoms with Crippen molar-refractivity contribution in [3.8, 4) is 11.8 Å². The van der Waals surface area contributed by atoms with E-state index >= 15 is 0 Å². The molecule has 0 spiro atoms. The lowest BCUT2D eigenvalue weighted by molar-refractivity contribution is 0.601. The van der Waals surface area contributed by atoms with Gasteiger partial charge in [0.05, 0.1) is 11.2 Å². The maximum absolute atomic E-state index is 13.4. The molecule has 0 amide bonds. The summed E-state index contributed by atoms with van der Waals surface area (Å²) in [5, 5.41) is 0.813. The van der Waals surface area contributed by atoms with E-state index in [-0.39, 0.29) is 4.90 Å². The predicted molar refractivity (Wildman–Crippen MR) is 119 cm³/mol. The van der Waals surface area contributed by atoms with E-state index in [9.17, 15) is 8.42 Å². The van der Waals surface area contributed by atoms with Crippen LogP contribution in [0, 0.1) is 25.7 Å². The second-order valence-corrected chi connectivity index (χ2v) is 8.50. The van der Waals surface area contributed by atoms with Crippen LogP contribution in [0.2, 0.25) is 0 Å².